The molecule has 100 valence electrons. The molecule has 1 aromatic carbocycles. The maximum Gasteiger partial charge on any atom is 0.225 e. The molecule has 2 aromatic rings. The zero-order valence-corrected chi connectivity index (χ0v) is 12.1. The summed E-state index contributed by atoms with van der Waals surface area (Å²) >= 11 is 6.26. The Labute approximate surface area is 118 Å². The molecule has 1 heterocycles. The monoisotopic (exact) mass is 275 g/mol. The Morgan fingerprint density at radius 2 is 1.95 bits per heavy atom. The molecule has 0 aliphatic heterocycles. The lowest BCUT2D eigenvalue weighted by molar-refractivity contribution is 0.359. The second-order valence-electron chi connectivity index (χ2n) is 6.09. The van der Waals surface area contributed by atoms with E-state index >= 15 is 0 Å². The van der Waals surface area contributed by atoms with Crippen molar-refractivity contribution in [1.82, 2.24) is 14.8 Å². The number of nitrogens with zero attached hydrogens (tertiary/aromatic N) is 3. The second kappa shape index (κ2) is 4.64. The van der Waals surface area contributed by atoms with Crippen molar-refractivity contribution in [2.75, 3.05) is 0 Å². The van der Waals surface area contributed by atoms with Crippen LogP contribution in [0.5, 0.6) is 0 Å². The SMILES string of the molecule is CC1(C)CCC(n2c(Cl)nnc2-c2ccccc2)C1. The molecule has 1 aliphatic carbocycles. The Kier molecular flexibility index (Phi) is 3.09. The van der Waals surface area contributed by atoms with Gasteiger partial charge in [0.2, 0.25) is 5.28 Å². The van der Waals surface area contributed by atoms with Crippen molar-refractivity contribution in [1.29, 1.82) is 0 Å². The van der Waals surface area contributed by atoms with Gasteiger partial charge in [-0.3, -0.25) is 4.57 Å². The topological polar surface area (TPSA) is 30.7 Å². The summed E-state index contributed by atoms with van der Waals surface area (Å²) < 4.78 is 2.10. The van der Waals surface area contributed by atoms with E-state index in [0.29, 0.717) is 16.7 Å². The number of benzene rings is 1. The van der Waals surface area contributed by atoms with Gasteiger partial charge in [-0.25, -0.2) is 0 Å². The normalized spacial score (nSPS) is 21.7. The van der Waals surface area contributed by atoms with Gasteiger partial charge in [-0.15, -0.1) is 10.2 Å². The van der Waals surface area contributed by atoms with Gasteiger partial charge in [-0.1, -0.05) is 44.2 Å². The molecule has 0 saturated heterocycles. The van der Waals surface area contributed by atoms with E-state index in [1.165, 1.54) is 6.42 Å². The lowest BCUT2D eigenvalue weighted by Crippen LogP contribution is -2.10. The van der Waals surface area contributed by atoms with Crippen LogP contribution >= 0.6 is 11.6 Å². The highest BCUT2D eigenvalue weighted by atomic mass is 35.5. The molecule has 3 rings (SSSR count). The van der Waals surface area contributed by atoms with Crippen LogP contribution in [-0.4, -0.2) is 14.8 Å². The molecule has 0 N–H and O–H groups in total. The lowest BCUT2D eigenvalue weighted by atomic mass is 9.92. The third-order valence-corrected chi connectivity index (χ3v) is 4.25. The summed E-state index contributed by atoms with van der Waals surface area (Å²) in [4.78, 5) is 0. The van der Waals surface area contributed by atoms with Crippen LogP contribution in [0.2, 0.25) is 5.28 Å². The zero-order valence-electron chi connectivity index (χ0n) is 11.3. The Hall–Kier alpha value is -1.35. The van der Waals surface area contributed by atoms with Crippen molar-refractivity contribution in [3.05, 3.63) is 35.6 Å². The first-order valence-electron chi connectivity index (χ1n) is 6.73. The van der Waals surface area contributed by atoms with Gasteiger partial charge >= 0.3 is 0 Å². The highest BCUT2D eigenvalue weighted by Crippen LogP contribution is 2.45. The molecule has 1 atom stereocenters. The van der Waals surface area contributed by atoms with Crippen LogP contribution in [0.15, 0.2) is 30.3 Å². The van der Waals surface area contributed by atoms with Crippen molar-refractivity contribution >= 4 is 11.6 Å². The summed E-state index contributed by atoms with van der Waals surface area (Å²) in [6.07, 6.45) is 3.50. The van der Waals surface area contributed by atoms with Gasteiger partial charge in [0.25, 0.3) is 0 Å². The molecule has 0 amide bonds. The van der Waals surface area contributed by atoms with Crippen LogP contribution in [-0.2, 0) is 0 Å². The van der Waals surface area contributed by atoms with Crippen molar-refractivity contribution in [2.45, 2.75) is 39.2 Å². The summed E-state index contributed by atoms with van der Waals surface area (Å²) in [6, 6.07) is 10.5. The van der Waals surface area contributed by atoms with E-state index in [9.17, 15) is 0 Å². The lowest BCUT2D eigenvalue weighted by Gasteiger charge is -2.19. The predicted molar refractivity (Wildman–Crippen MR) is 77.1 cm³/mol. The van der Waals surface area contributed by atoms with Gasteiger partial charge in [0.1, 0.15) is 0 Å². The van der Waals surface area contributed by atoms with E-state index < -0.39 is 0 Å². The van der Waals surface area contributed by atoms with Crippen molar-refractivity contribution in [3.8, 4) is 11.4 Å². The Morgan fingerprint density at radius 3 is 2.58 bits per heavy atom. The number of halogens is 1. The smallest absolute Gasteiger partial charge is 0.225 e. The summed E-state index contributed by atoms with van der Waals surface area (Å²) in [5, 5.41) is 8.82. The van der Waals surface area contributed by atoms with Gasteiger partial charge < -0.3 is 0 Å². The van der Waals surface area contributed by atoms with E-state index in [-0.39, 0.29) is 0 Å². The van der Waals surface area contributed by atoms with E-state index in [1.807, 2.05) is 18.2 Å². The molecular formula is C15H18ClN3. The molecule has 1 unspecified atom stereocenters. The van der Waals surface area contributed by atoms with Crippen molar-refractivity contribution in [3.63, 3.8) is 0 Å². The highest BCUT2D eigenvalue weighted by Gasteiger charge is 2.34. The average Bonchev–Trinajstić information content (AvgIpc) is 2.93. The van der Waals surface area contributed by atoms with E-state index in [2.05, 4.69) is 40.7 Å². The second-order valence-corrected chi connectivity index (χ2v) is 6.43. The third kappa shape index (κ3) is 2.39. The molecule has 1 fully saturated rings. The first kappa shape index (κ1) is 12.7. The Balaban J connectivity index is 2.01. The minimum Gasteiger partial charge on any atom is -0.295 e. The molecule has 0 spiro atoms. The Bertz CT molecular complexity index is 574. The largest absolute Gasteiger partial charge is 0.295 e. The molecule has 0 bridgehead atoms. The first-order chi connectivity index (χ1) is 9.07. The molecule has 4 heteroatoms. The summed E-state index contributed by atoms with van der Waals surface area (Å²) in [6.45, 7) is 4.63. The van der Waals surface area contributed by atoms with Crippen LogP contribution in [0.1, 0.15) is 39.2 Å². The highest BCUT2D eigenvalue weighted by molar-refractivity contribution is 6.28. The van der Waals surface area contributed by atoms with E-state index in [4.69, 9.17) is 11.6 Å². The molecule has 1 saturated carbocycles. The maximum absolute atomic E-state index is 6.26. The van der Waals surface area contributed by atoms with Crippen LogP contribution in [0.3, 0.4) is 0 Å². The van der Waals surface area contributed by atoms with Crippen molar-refractivity contribution < 1.29 is 0 Å². The number of rotatable bonds is 2. The van der Waals surface area contributed by atoms with Crippen LogP contribution in [0.25, 0.3) is 11.4 Å². The minimum absolute atomic E-state index is 0.381. The fourth-order valence-electron chi connectivity index (χ4n) is 3.00. The molecule has 0 radical (unpaired) electrons. The average molecular weight is 276 g/mol. The third-order valence-electron chi connectivity index (χ3n) is 3.99. The molecule has 3 nitrogen and oxygen atoms in total. The van der Waals surface area contributed by atoms with Gasteiger partial charge in [0.05, 0.1) is 0 Å². The zero-order chi connectivity index (χ0) is 13.5. The summed E-state index contributed by atoms with van der Waals surface area (Å²) in [5.41, 5.74) is 1.46. The molecular weight excluding hydrogens is 258 g/mol. The minimum atomic E-state index is 0.381. The molecule has 19 heavy (non-hydrogen) atoms. The molecule has 1 aliphatic rings. The van der Waals surface area contributed by atoms with Gasteiger partial charge in [0.15, 0.2) is 5.82 Å². The predicted octanol–water partition coefficient (Wildman–Crippen LogP) is 4.35. The summed E-state index contributed by atoms with van der Waals surface area (Å²) in [7, 11) is 0. The number of hydrogen-bond donors (Lipinski definition) is 0. The summed E-state index contributed by atoms with van der Waals surface area (Å²) in [5.74, 6) is 0.883. The van der Waals surface area contributed by atoms with Crippen LogP contribution in [0, 0.1) is 5.41 Å². The number of aromatic nitrogens is 3. The van der Waals surface area contributed by atoms with Crippen molar-refractivity contribution in [2.24, 2.45) is 5.41 Å². The first-order valence-corrected chi connectivity index (χ1v) is 7.10. The fraction of sp³-hybridized carbons (Fsp3) is 0.467. The van der Waals surface area contributed by atoms with Gasteiger partial charge in [-0.2, -0.15) is 0 Å². The van der Waals surface area contributed by atoms with Gasteiger partial charge in [-0.05, 0) is 36.3 Å². The Morgan fingerprint density at radius 1 is 1.21 bits per heavy atom. The van der Waals surface area contributed by atoms with Crippen LogP contribution < -0.4 is 0 Å². The van der Waals surface area contributed by atoms with Crippen LogP contribution in [0.4, 0.5) is 0 Å². The molecule has 1 aromatic heterocycles. The maximum atomic E-state index is 6.26. The number of hydrogen-bond acceptors (Lipinski definition) is 2. The quantitative estimate of drug-likeness (QED) is 0.816. The van der Waals surface area contributed by atoms with E-state index in [1.54, 1.807) is 0 Å². The standard InChI is InChI=1S/C15H18ClN3/c1-15(2)9-8-12(10-15)19-13(17-18-14(19)16)11-6-4-3-5-7-11/h3-7,12H,8-10H2,1-2H3. The van der Waals surface area contributed by atoms with Gasteiger partial charge in [0, 0.05) is 11.6 Å². The fourth-order valence-corrected chi connectivity index (χ4v) is 3.26. The van der Waals surface area contributed by atoms with E-state index in [0.717, 1.165) is 24.2 Å².